The molecule has 12 heavy (non-hydrogen) atoms. The van der Waals surface area contributed by atoms with Crippen molar-refractivity contribution in [1.29, 1.82) is 0 Å². The highest BCUT2D eigenvalue weighted by molar-refractivity contribution is 6.04. The third kappa shape index (κ3) is 1.13. The number of rotatable bonds is 2. The van der Waals surface area contributed by atoms with Crippen LogP contribution in [0.25, 0.3) is 0 Å². The fraction of sp³-hybridized carbons (Fsp3) is 0.778. The van der Waals surface area contributed by atoms with Gasteiger partial charge in [0.2, 0.25) is 5.91 Å². The molecule has 1 aliphatic heterocycles. The zero-order chi connectivity index (χ0) is 8.72. The Labute approximate surface area is 71.7 Å². The maximum atomic E-state index is 11.5. The smallest absolute Gasteiger partial charge is 0.232 e. The van der Waals surface area contributed by atoms with Gasteiger partial charge < -0.3 is 4.90 Å². The van der Waals surface area contributed by atoms with Crippen LogP contribution in [0.1, 0.15) is 19.3 Å². The second kappa shape index (κ2) is 2.57. The number of carbonyl (C=O) groups excluding carboxylic acids is 2. The number of hydrogen-bond acceptors (Lipinski definition) is 2. The second-order valence-electron chi connectivity index (χ2n) is 3.78. The molecule has 1 heterocycles. The molecule has 2 rings (SSSR count). The number of likely N-dealkylation sites (tertiary alicyclic amines) is 1. The third-order valence-corrected chi connectivity index (χ3v) is 2.75. The monoisotopic (exact) mass is 167 g/mol. The molecule has 2 aliphatic rings. The van der Waals surface area contributed by atoms with Gasteiger partial charge in [-0.05, 0) is 19.3 Å². The fourth-order valence-electron chi connectivity index (χ4n) is 1.74. The lowest BCUT2D eigenvalue weighted by Gasteiger charge is -2.08. The Morgan fingerprint density at radius 3 is 2.50 bits per heavy atom. The molecule has 2 fully saturated rings. The molecule has 0 aromatic rings. The van der Waals surface area contributed by atoms with Crippen LogP contribution in [-0.2, 0) is 9.59 Å². The van der Waals surface area contributed by atoms with Gasteiger partial charge in [-0.15, -0.1) is 0 Å². The highest BCUT2D eigenvalue weighted by Gasteiger charge is 2.41. The lowest BCUT2D eigenvalue weighted by Crippen LogP contribution is -2.27. The summed E-state index contributed by atoms with van der Waals surface area (Å²) in [6.45, 7) is 0.752. The minimum absolute atomic E-state index is 0.0342. The van der Waals surface area contributed by atoms with Crippen molar-refractivity contribution in [3.05, 3.63) is 0 Å². The van der Waals surface area contributed by atoms with Crippen molar-refractivity contribution in [2.75, 3.05) is 13.6 Å². The van der Waals surface area contributed by atoms with Crippen molar-refractivity contribution in [2.24, 2.45) is 11.8 Å². The molecule has 0 aromatic heterocycles. The van der Waals surface area contributed by atoms with Gasteiger partial charge >= 0.3 is 0 Å². The Balaban J connectivity index is 2.04. The van der Waals surface area contributed by atoms with E-state index < -0.39 is 0 Å². The van der Waals surface area contributed by atoms with Crippen LogP contribution in [0, 0.1) is 11.8 Å². The number of nitrogens with zero attached hydrogens (tertiary/aromatic N) is 1. The molecule has 3 nitrogen and oxygen atoms in total. The van der Waals surface area contributed by atoms with Gasteiger partial charge in [0.05, 0.1) is 5.92 Å². The summed E-state index contributed by atoms with van der Waals surface area (Å²) in [5.74, 6) is 0.171. The Morgan fingerprint density at radius 1 is 1.42 bits per heavy atom. The summed E-state index contributed by atoms with van der Waals surface area (Å²) in [6.07, 6.45) is 2.75. The summed E-state index contributed by atoms with van der Waals surface area (Å²) < 4.78 is 0. The lowest BCUT2D eigenvalue weighted by atomic mass is 9.99. The summed E-state index contributed by atoms with van der Waals surface area (Å²) in [5, 5.41) is 0. The van der Waals surface area contributed by atoms with E-state index in [9.17, 15) is 9.59 Å². The standard InChI is InChI=1S/C9H13NO2/c1-10-5-4-7(9(10)12)8(11)6-2-3-6/h6-7H,2-5H2,1H3. The van der Waals surface area contributed by atoms with Gasteiger partial charge in [-0.2, -0.15) is 0 Å². The summed E-state index contributed by atoms with van der Waals surface area (Å²) >= 11 is 0. The van der Waals surface area contributed by atoms with Crippen molar-refractivity contribution in [2.45, 2.75) is 19.3 Å². The highest BCUT2D eigenvalue weighted by Crippen LogP contribution is 2.35. The van der Waals surface area contributed by atoms with Gasteiger partial charge in [0.15, 0.2) is 0 Å². The molecular weight excluding hydrogens is 154 g/mol. The van der Waals surface area contributed by atoms with E-state index in [1.165, 1.54) is 0 Å². The van der Waals surface area contributed by atoms with Crippen molar-refractivity contribution in [3.8, 4) is 0 Å². The molecule has 1 saturated carbocycles. The van der Waals surface area contributed by atoms with E-state index >= 15 is 0 Å². The van der Waals surface area contributed by atoms with Crippen LogP contribution in [-0.4, -0.2) is 30.2 Å². The zero-order valence-corrected chi connectivity index (χ0v) is 7.25. The van der Waals surface area contributed by atoms with E-state index in [0.717, 1.165) is 25.8 Å². The third-order valence-electron chi connectivity index (χ3n) is 2.75. The van der Waals surface area contributed by atoms with Crippen molar-refractivity contribution in [3.63, 3.8) is 0 Å². The molecule has 1 amide bonds. The van der Waals surface area contributed by atoms with E-state index in [0.29, 0.717) is 0 Å². The van der Waals surface area contributed by atoms with Gasteiger partial charge in [0, 0.05) is 19.5 Å². The highest BCUT2D eigenvalue weighted by atomic mass is 16.2. The van der Waals surface area contributed by atoms with Crippen molar-refractivity contribution in [1.82, 2.24) is 4.90 Å². The molecule has 0 bridgehead atoms. The van der Waals surface area contributed by atoms with Crippen molar-refractivity contribution >= 4 is 11.7 Å². The second-order valence-corrected chi connectivity index (χ2v) is 3.78. The van der Waals surface area contributed by atoms with Gasteiger partial charge in [-0.3, -0.25) is 9.59 Å². The molecule has 1 unspecified atom stereocenters. The van der Waals surface area contributed by atoms with E-state index in [1.807, 2.05) is 0 Å². The molecule has 66 valence electrons. The van der Waals surface area contributed by atoms with E-state index in [1.54, 1.807) is 11.9 Å². The number of hydrogen-bond donors (Lipinski definition) is 0. The Morgan fingerprint density at radius 2 is 2.08 bits per heavy atom. The minimum Gasteiger partial charge on any atom is -0.345 e. The Kier molecular flexibility index (Phi) is 1.67. The number of carbonyl (C=O) groups is 2. The maximum Gasteiger partial charge on any atom is 0.232 e. The number of amides is 1. The van der Waals surface area contributed by atoms with Crippen LogP contribution in [0.4, 0.5) is 0 Å². The first-order valence-corrected chi connectivity index (χ1v) is 4.49. The number of ketones is 1. The molecule has 0 aromatic carbocycles. The van der Waals surface area contributed by atoms with Crippen LogP contribution in [0.2, 0.25) is 0 Å². The molecule has 3 heteroatoms. The largest absolute Gasteiger partial charge is 0.345 e. The first-order chi connectivity index (χ1) is 5.70. The van der Waals surface area contributed by atoms with Crippen LogP contribution < -0.4 is 0 Å². The first kappa shape index (κ1) is 7.77. The van der Waals surface area contributed by atoms with Gasteiger partial charge in [-0.25, -0.2) is 0 Å². The summed E-state index contributed by atoms with van der Waals surface area (Å²) in [4.78, 5) is 24.6. The molecule has 0 N–H and O–H groups in total. The Hall–Kier alpha value is -0.860. The lowest BCUT2D eigenvalue weighted by molar-refractivity contribution is -0.136. The normalized spacial score (nSPS) is 29.6. The quantitative estimate of drug-likeness (QED) is 0.560. The summed E-state index contributed by atoms with van der Waals surface area (Å²) in [7, 11) is 1.77. The predicted molar refractivity (Wildman–Crippen MR) is 43.5 cm³/mol. The average molecular weight is 167 g/mol. The summed E-state index contributed by atoms with van der Waals surface area (Å²) in [6, 6.07) is 0. The van der Waals surface area contributed by atoms with Crippen LogP contribution in [0.3, 0.4) is 0 Å². The fourth-order valence-corrected chi connectivity index (χ4v) is 1.74. The topological polar surface area (TPSA) is 37.4 Å². The minimum atomic E-state index is -0.289. The molecule has 1 atom stereocenters. The van der Waals surface area contributed by atoms with Gasteiger partial charge in [0.25, 0.3) is 0 Å². The van der Waals surface area contributed by atoms with E-state index in [4.69, 9.17) is 0 Å². The molecule has 0 spiro atoms. The van der Waals surface area contributed by atoms with Crippen LogP contribution in [0.5, 0.6) is 0 Å². The maximum absolute atomic E-state index is 11.5. The zero-order valence-electron chi connectivity index (χ0n) is 7.25. The SMILES string of the molecule is CN1CCC(C(=O)C2CC2)C1=O. The summed E-state index contributed by atoms with van der Waals surface area (Å²) in [5.41, 5.74) is 0. The first-order valence-electron chi connectivity index (χ1n) is 4.49. The van der Waals surface area contributed by atoms with Crippen LogP contribution in [0.15, 0.2) is 0 Å². The Bertz CT molecular complexity index is 233. The molecule has 1 aliphatic carbocycles. The average Bonchev–Trinajstić information content (AvgIpc) is 2.82. The van der Waals surface area contributed by atoms with E-state index in [2.05, 4.69) is 0 Å². The molecular formula is C9H13NO2. The molecule has 0 radical (unpaired) electrons. The van der Waals surface area contributed by atoms with E-state index in [-0.39, 0.29) is 23.5 Å². The van der Waals surface area contributed by atoms with Crippen molar-refractivity contribution < 1.29 is 9.59 Å². The number of Topliss-reactive ketones (excluding diaryl/α,β-unsaturated/α-hetero) is 1. The van der Waals surface area contributed by atoms with Gasteiger partial charge in [0.1, 0.15) is 5.78 Å². The molecule has 1 saturated heterocycles. The van der Waals surface area contributed by atoms with Gasteiger partial charge in [-0.1, -0.05) is 0 Å². The predicted octanol–water partition coefficient (Wildman–Crippen LogP) is 0.444. The van der Waals surface area contributed by atoms with Crippen LogP contribution >= 0.6 is 0 Å².